The van der Waals surface area contributed by atoms with E-state index in [-0.39, 0.29) is 41.7 Å². The number of aromatic hydroxyl groups is 1. The van der Waals surface area contributed by atoms with Gasteiger partial charge >= 0.3 is 0 Å². The number of phenols is 1. The number of phenolic OH excluding ortho intramolecular Hbond substituents is 1. The monoisotopic (exact) mass is 539 g/mol. The van der Waals surface area contributed by atoms with Crippen molar-refractivity contribution in [3.05, 3.63) is 45.7 Å². The number of anilines is 1. The van der Waals surface area contributed by atoms with Crippen molar-refractivity contribution in [1.82, 2.24) is 5.32 Å². The Labute approximate surface area is 225 Å². The molecule has 3 unspecified atom stereocenters. The van der Waals surface area contributed by atoms with Crippen LogP contribution in [0.3, 0.4) is 0 Å². The maximum absolute atomic E-state index is 13.7. The number of nitrogens with one attached hydrogen (secondary N) is 1. The molecule has 0 radical (unpaired) electrons. The van der Waals surface area contributed by atoms with Crippen molar-refractivity contribution in [2.45, 2.75) is 51.2 Å². The molecule has 0 bridgehead atoms. The van der Waals surface area contributed by atoms with Gasteiger partial charge in [0.2, 0.25) is 11.7 Å². The van der Waals surface area contributed by atoms with Gasteiger partial charge in [-0.3, -0.25) is 19.2 Å². The van der Waals surface area contributed by atoms with Crippen LogP contribution in [-0.4, -0.2) is 69.0 Å². The fourth-order valence-electron chi connectivity index (χ4n) is 5.79. The van der Waals surface area contributed by atoms with Crippen LogP contribution in [0.4, 0.5) is 5.69 Å². The lowest BCUT2D eigenvalue weighted by atomic mass is 9.59. The highest BCUT2D eigenvalue weighted by atomic mass is 16.3. The minimum Gasteiger partial charge on any atom is -0.508 e. The van der Waals surface area contributed by atoms with E-state index in [1.807, 2.05) is 20.8 Å². The number of hydrogen-bond donors (Lipinski definition) is 6. The van der Waals surface area contributed by atoms with Crippen LogP contribution in [0.1, 0.15) is 50.3 Å². The Morgan fingerprint density at radius 1 is 1.15 bits per heavy atom. The first-order valence-electron chi connectivity index (χ1n) is 12.5. The third-order valence-electron chi connectivity index (χ3n) is 7.46. The molecule has 2 amide bonds. The number of nitrogens with zero attached hydrogens (tertiary/aromatic N) is 1. The van der Waals surface area contributed by atoms with Gasteiger partial charge in [0, 0.05) is 54.9 Å². The Morgan fingerprint density at radius 3 is 2.36 bits per heavy atom. The SMILES string of the molecule is CN(C)c1cc(/C=C/C(=O)NC(C)(C)C)c(O)c2c1CC1CC3CC(=O)C(C(N)=O)=C(O)C3(O)C(=O)C1=C2O. The smallest absolute Gasteiger partial charge is 0.255 e. The number of nitrogens with two attached hydrogens (primary N) is 1. The first kappa shape index (κ1) is 27.9. The molecule has 1 fully saturated rings. The van der Waals surface area contributed by atoms with E-state index in [0.29, 0.717) is 11.3 Å². The number of fused-ring (bicyclic) bond motifs is 3. The summed E-state index contributed by atoms with van der Waals surface area (Å²) in [4.78, 5) is 52.1. The predicted molar refractivity (Wildman–Crippen MR) is 143 cm³/mol. The zero-order chi connectivity index (χ0) is 29.2. The van der Waals surface area contributed by atoms with Gasteiger partial charge in [-0.15, -0.1) is 0 Å². The number of Topliss-reactive ketones (excluding diaryl/α,β-unsaturated/α-hetero) is 2. The average molecular weight is 540 g/mol. The molecule has 1 saturated carbocycles. The number of aliphatic hydroxyl groups is 3. The van der Waals surface area contributed by atoms with E-state index in [1.165, 1.54) is 12.2 Å². The highest BCUT2D eigenvalue weighted by Gasteiger charge is 2.60. The third kappa shape index (κ3) is 4.46. The number of amides is 2. The summed E-state index contributed by atoms with van der Waals surface area (Å²) in [7, 11) is 3.53. The number of carbonyl (C=O) groups is 4. The van der Waals surface area contributed by atoms with Gasteiger partial charge in [-0.2, -0.15) is 0 Å². The quantitative estimate of drug-likeness (QED) is 0.243. The van der Waals surface area contributed by atoms with E-state index in [9.17, 15) is 39.6 Å². The molecule has 3 aliphatic carbocycles. The topological polar surface area (TPSA) is 190 Å². The molecule has 3 atom stereocenters. The molecule has 1 aromatic carbocycles. The van der Waals surface area contributed by atoms with Crippen LogP contribution < -0.4 is 16.0 Å². The second-order valence-corrected chi connectivity index (χ2v) is 11.6. The van der Waals surface area contributed by atoms with Crippen LogP contribution in [0, 0.1) is 11.8 Å². The van der Waals surface area contributed by atoms with Crippen LogP contribution in [-0.2, 0) is 25.6 Å². The molecular weight excluding hydrogens is 506 g/mol. The van der Waals surface area contributed by atoms with Gasteiger partial charge in [0.25, 0.3) is 5.91 Å². The molecule has 0 heterocycles. The largest absolute Gasteiger partial charge is 0.508 e. The van der Waals surface area contributed by atoms with E-state index >= 15 is 0 Å². The van der Waals surface area contributed by atoms with Crippen molar-refractivity contribution < 1.29 is 39.6 Å². The van der Waals surface area contributed by atoms with Crippen molar-refractivity contribution in [3.8, 4) is 5.75 Å². The van der Waals surface area contributed by atoms with Gasteiger partial charge < -0.3 is 36.4 Å². The highest BCUT2D eigenvalue weighted by molar-refractivity contribution is 6.22. The van der Waals surface area contributed by atoms with Crippen molar-refractivity contribution in [2.24, 2.45) is 17.6 Å². The number of carbonyl (C=O) groups excluding carboxylic acids is 4. The zero-order valence-electron chi connectivity index (χ0n) is 22.5. The maximum atomic E-state index is 13.7. The molecule has 7 N–H and O–H groups in total. The van der Waals surface area contributed by atoms with Crippen LogP contribution in [0.5, 0.6) is 5.75 Å². The molecular formula is C28H33N3O8. The minimum absolute atomic E-state index is 0.0378. The molecule has 39 heavy (non-hydrogen) atoms. The van der Waals surface area contributed by atoms with Crippen molar-refractivity contribution in [2.75, 3.05) is 19.0 Å². The molecule has 0 aromatic heterocycles. The fourth-order valence-corrected chi connectivity index (χ4v) is 5.79. The van der Waals surface area contributed by atoms with Gasteiger partial charge in [0.05, 0.1) is 5.56 Å². The number of ketones is 2. The molecule has 0 aliphatic heterocycles. The summed E-state index contributed by atoms with van der Waals surface area (Å²) in [6, 6.07) is 1.66. The normalized spacial score (nSPS) is 24.9. The Balaban J connectivity index is 1.88. The number of hydrogen-bond acceptors (Lipinski definition) is 9. The number of benzene rings is 1. The summed E-state index contributed by atoms with van der Waals surface area (Å²) < 4.78 is 0. The number of primary amides is 1. The van der Waals surface area contributed by atoms with E-state index in [4.69, 9.17) is 5.73 Å². The molecule has 11 heteroatoms. The standard InChI is InChI=1S/C28H33N3O8/c1-27(2,3)30-18(33)7-6-12-10-16(31(4)5)15-9-13-8-14-11-17(32)21(26(29)38)25(37)28(14,39)24(36)19(13)23(35)20(15)22(12)34/h6-7,10,13-14,34-35,37,39H,8-9,11H2,1-5H3,(H2,29,38)(H,30,33)/b7-6+. The Hall–Kier alpha value is -4.12. The minimum atomic E-state index is -2.63. The molecule has 208 valence electrons. The van der Waals surface area contributed by atoms with Crippen molar-refractivity contribution in [1.29, 1.82) is 0 Å². The first-order valence-corrected chi connectivity index (χ1v) is 12.5. The van der Waals surface area contributed by atoms with Crippen LogP contribution in [0.2, 0.25) is 0 Å². The lowest BCUT2D eigenvalue weighted by Gasteiger charge is -2.46. The van der Waals surface area contributed by atoms with Crippen LogP contribution in [0.25, 0.3) is 11.8 Å². The highest BCUT2D eigenvalue weighted by Crippen LogP contribution is 2.53. The second-order valence-electron chi connectivity index (χ2n) is 11.6. The summed E-state index contributed by atoms with van der Waals surface area (Å²) >= 11 is 0. The van der Waals surface area contributed by atoms with Crippen molar-refractivity contribution >= 4 is 40.9 Å². The number of aliphatic hydroxyl groups excluding tert-OH is 2. The molecule has 0 saturated heterocycles. The molecule has 11 nitrogen and oxygen atoms in total. The summed E-state index contributed by atoms with van der Waals surface area (Å²) in [5.74, 6) is -7.26. The Morgan fingerprint density at radius 2 is 1.79 bits per heavy atom. The third-order valence-corrected chi connectivity index (χ3v) is 7.46. The van der Waals surface area contributed by atoms with Gasteiger partial charge in [-0.1, -0.05) is 0 Å². The molecule has 0 spiro atoms. The lowest BCUT2D eigenvalue weighted by molar-refractivity contribution is -0.147. The second kappa shape index (κ2) is 9.26. The summed E-state index contributed by atoms with van der Waals surface area (Å²) in [5, 5.41) is 47.5. The summed E-state index contributed by atoms with van der Waals surface area (Å²) in [5.41, 5.74) is 2.38. The van der Waals surface area contributed by atoms with Gasteiger partial charge in [-0.05, 0) is 57.2 Å². The van der Waals surface area contributed by atoms with Crippen molar-refractivity contribution in [3.63, 3.8) is 0 Å². The fraction of sp³-hybridized carbons (Fsp3) is 0.429. The Bertz CT molecular complexity index is 1410. The number of rotatable bonds is 4. The molecule has 3 aliphatic rings. The Kier molecular flexibility index (Phi) is 6.63. The zero-order valence-corrected chi connectivity index (χ0v) is 22.5. The van der Waals surface area contributed by atoms with Gasteiger partial charge in [-0.25, -0.2) is 0 Å². The molecule has 1 aromatic rings. The van der Waals surface area contributed by atoms with E-state index in [1.54, 1.807) is 25.1 Å². The van der Waals surface area contributed by atoms with Crippen LogP contribution in [0.15, 0.2) is 29.0 Å². The first-order chi connectivity index (χ1) is 18.0. The maximum Gasteiger partial charge on any atom is 0.255 e. The van der Waals surface area contributed by atoms with E-state index in [2.05, 4.69) is 5.32 Å². The van der Waals surface area contributed by atoms with Gasteiger partial charge in [0.1, 0.15) is 22.8 Å². The van der Waals surface area contributed by atoms with E-state index in [0.717, 1.165) is 0 Å². The summed E-state index contributed by atoms with van der Waals surface area (Å²) in [6.45, 7) is 5.46. The van der Waals surface area contributed by atoms with E-state index < -0.39 is 63.4 Å². The van der Waals surface area contributed by atoms with Crippen LogP contribution >= 0.6 is 0 Å². The predicted octanol–water partition coefficient (Wildman–Crippen LogP) is 1.42. The average Bonchev–Trinajstić information content (AvgIpc) is 2.79. The van der Waals surface area contributed by atoms with Gasteiger partial charge in [0.15, 0.2) is 11.4 Å². The summed E-state index contributed by atoms with van der Waals surface area (Å²) in [6.07, 6.45) is 2.48. The molecule has 4 rings (SSSR count). The lowest BCUT2D eigenvalue weighted by Crippen LogP contribution is -2.58.